The molecule has 3 rings (SSSR count). The van der Waals surface area contributed by atoms with E-state index in [2.05, 4.69) is 34.4 Å². The van der Waals surface area contributed by atoms with E-state index < -0.39 is 0 Å². The summed E-state index contributed by atoms with van der Waals surface area (Å²) in [4.78, 5) is 21.8. The van der Waals surface area contributed by atoms with E-state index in [1.165, 1.54) is 0 Å². The number of rotatable bonds is 7. The van der Waals surface area contributed by atoms with Crippen LogP contribution in [0.1, 0.15) is 41.2 Å². The highest BCUT2D eigenvalue weighted by atomic mass is 16.5. The lowest BCUT2D eigenvalue weighted by atomic mass is 10.0. The van der Waals surface area contributed by atoms with Gasteiger partial charge in [-0.3, -0.25) is 4.79 Å². The number of aromatic nitrogens is 2. The van der Waals surface area contributed by atoms with Crippen LogP contribution >= 0.6 is 0 Å². The maximum Gasteiger partial charge on any atom is 0.274 e. The van der Waals surface area contributed by atoms with Crippen molar-refractivity contribution in [2.24, 2.45) is 0 Å². The zero-order chi connectivity index (χ0) is 20.8. The van der Waals surface area contributed by atoms with Gasteiger partial charge in [0, 0.05) is 23.1 Å². The minimum Gasteiger partial charge on any atom is -0.497 e. The average Bonchev–Trinajstić information content (AvgIpc) is 2.73. The Morgan fingerprint density at radius 1 is 1.00 bits per heavy atom. The van der Waals surface area contributed by atoms with Crippen LogP contribution in [0.5, 0.6) is 5.75 Å². The molecule has 1 amide bonds. The van der Waals surface area contributed by atoms with E-state index in [0.29, 0.717) is 17.3 Å². The van der Waals surface area contributed by atoms with Crippen LogP contribution < -0.4 is 15.4 Å². The average molecular weight is 390 g/mol. The largest absolute Gasteiger partial charge is 0.497 e. The Hall–Kier alpha value is -3.41. The van der Waals surface area contributed by atoms with E-state index in [4.69, 9.17) is 4.74 Å². The summed E-state index contributed by atoms with van der Waals surface area (Å²) in [5.74, 6) is 0.839. The van der Waals surface area contributed by atoms with Gasteiger partial charge in [0.1, 0.15) is 11.4 Å². The third kappa shape index (κ3) is 4.90. The van der Waals surface area contributed by atoms with Crippen molar-refractivity contribution >= 4 is 23.2 Å². The Morgan fingerprint density at radius 2 is 1.69 bits per heavy atom. The summed E-state index contributed by atoms with van der Waals surface area (Å²) in [6.45, 7) is 6.00. The number of carbonyl (C=O) groups is 1. The third-order valence-corrected chi connectivity index (χ3v) is 4.65. The number of nitrogens with one attached hydrogen (secondary N) is 2. The van der Waals surface area contributed by atoms with Crippen LogP contribution in [0.15, 0.2) is 48.5 Å². The number of hydrogen-bond donors (Lipinski definition) is 2. The predicted molar refractivity (Wildman–Crippen MR) is 116 cm³/mol. The van der Waals surface area contributed by atoms with Crippen LogP contribution in [0.25, 0.3) is 0 Å². The highest BCUT2D eigenvalue weighted by Crippen LogP contribution is 2.24. The maximum atomic E-state index is 13.0. The first kappa shape index (κ1) is 20.3. The van der Waals surface area contributed by atoms with Crippen molar-refractivity contribution in [1.29, 1.82) is 0 Å². The number of benzene rings is 2. The topological polar surface area (TPSA) is 76.1 Å². The van der Waals surface area contributed by atoms with E-state index >= 15 is 0 Å². The molecule has 0 saturated carbocycles. The Kier molecular flexibility index (Phi) is 6.44. The van der Waals surface area contributed by atoms with Crippen molar-refractivity contribution in [3.63, 3.8) is 0 Å². The van der Waals surface area contributed by atoms with Gasteiger partial charge in [-0.15, -0.1) is 0 Å². The molecule has 29 heavy (non-hydrogen) atoms. The number of para-hydroxylation sites is 1. The Morgan fingerprint density at radius 3 is 2.34 bits per heavy atom. The van der Waals surface area contributed by atoms with Crippen LogP contribution in [0.2, 0.25) is 0 Å². The molecule has 2 aromatic carbocycles. The van der Waals surface area contributed by atoms with Crippen molar-refractivity contribution < 1.29 is 9.53 Å². The molecule has 1 aromatic heterocycles. The second-order valence-corrected chi connectivity index (χ2v) is 6.69. The standard InChI is InChI=1S/C23H26N4O2/c1-5-16-9-7-10-17(6-2)21(16)27-22(28)20-13-15(3)24-23(26-20)25-18-11-8-12-19(14-18)29-4/h7-14H,5-6H2,1-4H3,(H,27,28)(H,24,25,26). The molecule has 0 spiro atoms. The lowest BCUT2D eigenvalue weighted by Gasteiger charge is -2.15. The van der Waals surface area contributed by atoms with E-state index in [9.17, 15) is 4.79 Å². The highest BCUT2D eigenvalue weighted by molar-refractivity contribution is 6.04. The van der Waals surface area contributed by atoms with Gasteiger partial charge in [-0.05, 0) is 49.1 Å². The normalized spacial score (nSPS) is 10.5. The van der Waals surface area contributed by atoms with Crippen LogP contribution in [-0.2, 0) is 12.8 Å². The van der Waals surface area contributed by atoms with E-state index in [-0.39, 0.29) is 5.91 Å². The SMILES string of the molecule is CCc1cccc(CC)c1NC(=O)c1cc(C)nc(Nc2cccc(OC)c2)n1. The number of carbonyl (C=O) groups excluding carboxylic acids is 1. The van der Waals surface area contributed by atoms with Gasteiger partial charge in [0.05, 0.1) is 7.11 Å². The van der Waals surface area contributed by atoms with Crippen molar-refractivity contribution in [3.8, 4) is 5.75 Å². The smallest absolute Gasteiger partial charge is 0.274 e. The van der Waals surface area contributed by atoms with E-state index in [1.807, 2.05) is 49.4 Å². The minimum absolute atomic E-state index is 0.250. The quantitative estimate of drug-likeness (QED) is 0.599. The molecule has 0 aliphatic carbocycles. The maximum absolute atomic E-state index is 13.0. The van der Waals surface area contributed by atoms with Crippen molar-refractivity contribution in [1.82, 2.24) is 9.97 Å². The molecule has 0 aliphatic heterocycles. The summed E-state index contributed by atoms with van der Waals surface area (Å²) in [5, 5.41) is 6.20. The molecule has 0 atom stereocenters. The number of ether oxygens (including phenoxy) is 1. The number of amides is 1. The first-order valence-corrected chi connectivity index (χ1v) is 9.72. The molecule has 6 nitrogen and oxygen atoms in total. The van der Waals surface area contributed by atoms with Crippen LogP contribution in [0, 0.1) is 6.92 Å². The summed E-state index contributed by atoms with van der Waals surface area (Å²) >= 11 is 0. The Bertz CT molecular complexity index is 995. The summed E-state index contributed by atoms with van der Waals surface area (Å²) in [5.41, 5.74) is 4.90. The minimum atomic E-state index is -0.250. The summed E-state index contributed by atoms with van der Waals surface area (Å²) < 4.78 is 5.24. The number of methoxy groups -OCH3 is 1. The molecule has 3 aromatic rings. The molecule has 0 saturated heterocycles. The van der Waals surface area contributed by atoms with Gasteiger partial charge in [-0.25, -0.2) is 9.97 Å². The van der Waals surface area contributed by atoms with Crippen LogP contribution in [0.4, 0.5) is 17.3 Å². The van der Waals surface area contributed by atoms with Gasteiger partial charge >= 0.3 is 0 Å². The van der Waals surface area contributed by atoms with Gasteiger partial charge < -0.3 is 15.4 Å². The second kappa shape index (κ2) is 9.19. The van der Waals surface area contributed by atoms with Gasteiger partial charge in [-0.2, -0.15) is 0 Å². The summed E-state index contributed by atoms with van der Waals surface area (Å²) in [7, 11) is 1.61. The molecule has 0 radical (unpaired) electrons. The number of hydrogen-bond acceptors (Lipinski definition) is 5. The number of nitrogens with zero attached hydrogens (tertiary/aromatic N) is 2. The highest BCUT2D eigenvalue weighted by Gasteiger charge is 2.15. The molecule has 1 heterocycles. The molecule has 6 heteroatoms. The van der Waals surface area contributed by atoms with Crippen LogP contribution in [-0.4, -0.2) is 23.0 Å². The van der Waals surface area contributed by atoms with E-state index in [0.717, 1.165) is 41.1 Å². The summed E-state index contributed by atoms with van der Waals surface area (Å²) in [6, 6.07) is 15.3. The fourth-order valence-corrected chi connectivity index (χ4v) is 3.15. The third-order valence-electron chi connectivity index (χ3n) is 4.65. The second-order valence-electron chi connectivity index (χ2n) is 6.69. The molecule has 0 unspecified atom stereocenters. The first-order valence-electron chi connectivity index (χ1n) is 9.72. The molecule has 0 aliphatic rings. The number of anilines is 3. The van der Waals surface area contributed by atoms with Crippen molar-refractivity contribution in [2.75, 3.05) is 17.7 Å². The predicted octanol–water partition coefficient (Wildman–Crippen LogP) is 4.91. The van der Waals surface area contributed by atoms with Gasteiger partial charge in [0.15, 0.2) is 0 Å². The van der Waals surface area contributed by atoms with E-state index in [1.54, 1.807) is 13.2 Å². The lowest BCUT2D eigenvalue weighted by molar-refractivity contribution is 0.102. The Balaban J connectivity index is 1.87. The molecule has 150 valence electrons. The molecule has 0 bridgehead atoms. The van der Waals surface area contributed by atoms with Gasteiger partial charge in [-0.1, -0.05) is 38.1 Å². The molecule has 0 fully saturated rings. The fraction of sp³-hybridized carbons (Fsp3) is 0.261. The zero-order valence-electron chi connectivity index (χ0n) is 17.2. The first-order chi connectivity index (χ1) is 14.0. The molecular weight excluding hydrogens is 364 g/mol. The molecular formula is C23H26N4O2. The molecule has 2 N–H and O–H groups in total. The van der Waals surface area contributed by atoms with Crippen molar-refractivity contribution in [2.45, 2.75) is 33.6 Å². The summed E-state index contributed by atoms with van der Waals surface area (Å²) in [6.07, 6.45) is 1.68. The monoisotopic (exact) mass is 390 g/mol. The van der Waals surface area contributed by atoms with Crippen molar-refractivity contribution in [3.05, 3.63) is 71.0 Å². The zero-order valence-corrected chi connectivity index (χ0v) is 17.2. The van der Waals surface area contributed by atoms with Gasteiger partial charge in [0.25, 0.3) is 5.91 Å². The fourth-order valence-electron chi connectivity index (χ4n) is 3.15. The Labute approximate surface area is 171 Å². The van der Waals surface area contributed by atoms with Gasteiger partial charge in [0.2, 0.25) is 5.95 Å². The van der Waals surface area contributed by atoms with Crippen LogP contribution in [0.3, 0.4) is 0 Å². The lowest BCUT2D eigenvalue weighted by Crippen LogP contribution is -2.17. The number of aryl methyl sites for hydroxylation is 3.